The van der Waals surface area contributed by atoms with Crippen molar-refractivity contribution in [3.05, 3.63) is 75.9 Å². The van der Waals surface area contributed by atoms with E-state index >= 15 is 0 Å². The molecule has 1 aromatic carbocycles. The molecule has 1 aliphatic carbocycles. The molecule has 4 rings (SSSR count). The third kappa shape index (κ3) is 5.40. The summed E-state index contributed by atoms with van der Waals surface area (Å²) in [6.07, 6.45) is 6.28. The van der Waals surface area contributed by atoms with Gasteiger partial charge in [-0.05, 0) is 55.5 Å². The Kier molecular flexibility index (Phi) is 6.74. The van der Waals surface area contributed by atoms with Crippen molar-refractivity contribution < 1.29 is 27.9 Å². The van der Waals surface area contributed by atoms with E-state index in [9.17, 15) is 23.2 Å². The molecule has 2 heterocycles. The number of nitrogens with zero attached hydrogens (tertiary/aromatic N) is 1. The number of halogens is 2. The molecule has 0 saturated heterocycles. The molecule has 170 valence electrons. The average Bonchev–Trinajstić information content (AvgIpc) is 3.15. The Balaban J connectivity index is 1.48. The lowest BCUT2D eigenvalue weighted by Crippen LogP contribution is -2.22. The molecular formula is C23H19F2N3O4S. The summed E-state index contributed by atoms with van der Waals surface area (Å²) in [5.74, 6) is -3.61. The summed E-state index contributed by atoms with van der Waals surface area (Å²) in [6, 6.07) is 5.81. The molecule has 0 unspecified atom stereocenters. The number of hydrogen-bond acceptors (Lipinski definition) is 6. The van der Waals surface area contributed by atoms with Crippen LogP contribution in [0.1, 0.15) is 44.0 Å². The second-order valence-electron chi connectivity index (χ2n) is 7.39. The highest BCUT2D eigenvalue weighted by molar-refractivity contribution is 7.17. The van der Waals surface area contributed by atoms with Crippen LogP contribution in [0.4, 0.5) is 19.5 Å². The lowest BCUT2D eigenvalue weighted by atomic mass is 9.95. The Labute approximate surface area is 191 Å². The van der Waals surface area contributed by atoms with Crippen LogP contribution in [-0.4, -0.2) is 29.4 Å². The first kappa shape index (κ1) is 22.5. The number of benzene rings is 1. The molecule has 0 fully saturated rings. The maximum Gasteiger partial charge on any atom is 0.341 e. The largest absolute Gasteiger partial charge is 0.452 e. The maximum absolute atomic E-state index is 13.3. The highest BCUT2D eigenvalue weighted by Crippen LogP contribution is 2.38. The van der Waals surface area contributed by atoms with Crippen LogP contribution < -0.4 is 10.6 Å². The number of aryl methyl sites for hydroxylation is 1. The van der Waals surface area contributed by atoms with Crippen molar-refractivity contribution in [2.24, 2.45) is 0 Å². The molecule has 0 saturated carbocycles. The van der Waals surface area contributed by atoms with E-state index in [4.69, 9.17) is 4.74 Å². The second-order valence-corrected chi connectivity index (χ2v) is 8.50. The molecular weight excluding hydrogens is 452 g/mol. The van der Waals surface area contributed by atoms with Crippen LogP contribution in [0.5, 0.6) is 0 Å². The number of fused-ring (bicyclic) bond motifs is 1. The van der Waals surface area contributed by atoms with E-state index in [0.29, 0.717) is 23.1 Å². The van der Waals surface area contributed by atoms with Gasteiger partial charge in [0.2, 0.25) is 0 Å². The SMILES string of the molecule is O=C(COC(=O)c1c(NC(=O)c2cccnc2)sc2c1CCCC2)Nc1cc(F)cc(F)c1. The minimum atomic E-state index is -0.846. The number of hydrogen-bond donors (Lipinski definition) is 2. The molecule has 2 N–H and O–H groups in total. The fourth-order valence-corrected chi connectivity index (χ4v) is 4.84. The van der Waals surface area contributed by atoms with Crippen molar-refractivity contribution in [1.82, 2.24) is 4.98 Å². The molecule has 3 aromatic rings. The van der Waals surface area contributed by atoms with Gasteiger partial charge in [0.15, 0.2) is 6.61 Å². The second kappa shape index (κ2) is 9.86. The zero-order valence-electron chi connectivity index (χ0n) is 17.3. The zero-order valence-corrected chi connectivity index (χ0v) is 18.1. The Morgan fingerprint density at radius 1 is 1.06 bits per heavy atom. The molecule has 0 bridgehead atoms. The van der Waals surface area contributed by atoms with E-state index < -0.39 is 36.0 Å². The van der Waals surface area contributed by atoms with Crippen LogP contribution in [0.15, 0.2) is 42.7 Å². The molecule has 1 aliphatic rings. The van der Waals surface area contributed by atoms with E-state index in [1.165, 1.54) is 17.5 Å². The number of nitrogens with one attached hydrogen (secondary N) is 2. The third-order valence-corrected chi connectivity index (χ3v) is 6.21. The predicted octanol–water partition coefficient (Wildman–Crippen LogP) is 4.35. The molecule has 7 nitrogen and oxygen atoms in total. The Morgan fingerprint density at radius 2 is 1.82 bits per heavy atom. The standard InChI is InChI=1S/C23H19F2N3O4S/c24-14-8-15(25)10-16(9-14)27-19(29)12-32-23(31)20-17-5-1-2-6-18(17)33-22(20)28-21(30)13-4-3-7-26-11-13/h3-4,7-11H,1-2,5-6,12H2,(H,27,29)(H,28,30). The number of carbonyl (C=O) groups is 3. The Bertz CT molecular complexity index is 1190. The van der Waals surface area contributed by atoms with Gasteiger partial charge in [0, 0.05) is 29.0 Å². The highest BCUT2D eigenvalue weighted by atomic mass is 32.1. The summed E-state index contributed by atoms with van der Waals surface area (Å²) in [4.78, 5) is 42.6. The first-order chi connectivity index (χ1) is 15.9. The van der Waals surface area contributed by atoms with Gasteiger partial charge in [-0.25, -0.2) is 13.6 Å². The van der Waals surface area contributed by atoms with Crippen LogP contribution >= 0.6 is 11.3 Å². The van der Waals surface area contributed by atoms with E-state index in [2.05, 4.69) is 15.6 Å². The molecule has 33 heavy (non-hydrogen) atoms. The molecule has 10 heteroatoms. The van der Waals surface area contributed by atoms with Gasteiger partial charge in [-0.1, -0.05) is 0 Å². The van der Waals surface area contributed by atoms with Crippen molar-refractivity contribution in [3.8, 4) is 0 Å². The van der Waals surface area contributed by atoms with E-state index in [1.54, 1.807) is 18.3 Å². The maximum atomic E-state index is 13.3. The van der Waals surface area contributed by atoms with E-state index in [-0.39, 0.29) is 11.3 Å². The molecule has 0 aliphatic heterocycles. The van der Waals surface area contributed by atoms with Crippen molar-refractivity contribution in [3.63, 3.8) is 0 Å². The molecule has 0 atom stereocenters. The minimum Gasteiger partial charge on any atom is -0.452 e. The lowest BCUT2D eigenvalue weighted by Gasteiger charge is -2.13. The molecule has 2 aromatic heterocycles. The van der Waals surface area contributed by atoms with Crippen molar-refractivity contribution in [1.29, 1.82) is 0 Å². The minimum absolute atomic E-state index is 0.0918. The van der Waals surface area contributed by atoms with Gasteiger partial charge in [0.1, 0.15) is 16.6 Å². The number of esters is 1. The van der Waals surface area contributed by atoms with Gasteiger partial charge in [0.05, 0.1) is 11.1 Å². The Morgan fingerprint density at radius 3 is 2.55 bits per heavy atom. The summed E-state index contributed by atoms with van der Waals surface area (Å²) in [7, 11) is 0. The number of aromatic nitrogens is 1. The van der Waals surface area contributed by atoms with Crippen LogP contribution in [-0.2, 0) is 22.4 Å². The smallest absolute Gasteiger partial charge is 0.341 e. The van der Waals surface area contributed by atoms with Crippen molar-refractivity contribution >= 4 is 39.8 Å². The van der Waals surface area contributed by atoms with E-state index in [1.807, 2.05) is 0 Å². The number of ether oxygens (including phenoxy) is 1. The normalized spacial score (nSPS) is 12.5. The number of thiophene rings is 1. The summed E-state index contributed by atoms with van der Waals surface area (Å²) in [5.41, 5.74) is 1.29. The topological polar surface area (TPSA) is 97.4 Å². The lowest BCUT2D eigenvalue weighted by molar-refractivity contribution is -0.119. The zero-order chi connectivity index (χ0) is 23.4. The van der Waals surface area contributed by atoms with Gasteiger partial charge in [-0.15, -0.1) is 11.3 Å². The quantitative estimate of drug-likeness (QED) is 0.521. The average molecular weight is 471 g/mol. The molecule has 0 spiro atoms. The van der Waals surface area contributed by atoms with Crippen molar-refractivity contribution in [2.45, 2.75) is 25.7 Å². The summed E-state index contributed by atoms with van der Waals surface area (Å²) >= 11 is 1.32. The fraction of sp³-hybridized carbons (Fsp3) is 0.217. The van der Waals surface area contributed by atoms with Gasteiger partial charge in [-0.2, -0.15) is 0 Å². The highest BCUT2D eigenvalue weighted by Gasteiger charge is 2.28. The first-order valence-electron chi connectivity index (χ1n) is 10.2. The van der Waals surface area contributed by atoms with Crippen LogP contribution in [0, 0.1) is 11.6 Å². The van der Waals surface area contributed by atoms with Gasteiger partial charge < -0.3 is 15.4 Å². The first-order valence-corrected chi connectivity index (χ1v) is 11.0. The summed E-state index contributed by atoms with van der Waals surface area (Å²) in [6.45, 7) is -0.655. The van der Waals surface area contributed by atoms with Crippen LogP contribution in [0.25, 0.3) is 0 Å². The van der Waals surface area contributed by atoms with Gasteiger partial charge >= 0.3 is 5.97 Å². The number of pyridine rings is 1. The van der Waals surface area contributed by atoms with Gasteiger partial charge in [-0.3, -0.25) is 14.6 Å². The van der Waals surface area contributed by atoms with Crippen LogP contribution in [0.2, 0.25) is 0 Å². The number of anilines is 2. The summed E-state index contributed by atoms with van der Waals surface area (Å²) < 4.78 is 31.8. The van der Waals surface area contributed by atoms with Crippen molar-refractivity contribution in [2.75, 3.05) is 17.2 Å². The van der Waals surface area contributed by atoms with E-state index in [0.717, 1.165) is 41.8 Å². The third-order valence-electron chi connectivity index (χ3n) is 5.01. The Hall–Kier alpha value is -3.66. The predicted molar refractivity (Wildman–Crippen MR) is 118 cm³/mol. The fourth-order valence-electron chi connectivity index (χ4n) is 3.57. The number of rotatable bonds is 6. The number of carbonyl (C=O) groups excluding carboxylic acids is 3. The molecule has 0 radical (unpaired) electrons. The monoisotopic (exact) mass is 471 g/mol. The van der Waals surface area contributed by atoms with Crippen LogP contribution in [0.3, 0.4) is 0 Å². The molecule has 2 amide bonds. The number of amides is 2. The van der Waals surface area contributed by atoms with Gasteiger partial charge in [0.25, 0.3) is 11.8 Å². The summed E-state index contributed by atoms with van der Waals surface area (Å²) in [5, 5.41) is 5.40.